The van der Waals surface area contributed by atoms with E-state index < -0.39 is 10.8 Å². The summed E-state index contributed by atoms with van der Waals surface area (Å²) in [7, 11) is -1.45. The van der Waals surface area contributed by atoms with Gasteiger partial charge < -0.3 is 0 Å². The third kappa shape index (κ3) is 3.39. The van der Waals surface area contributed by atoms with Crippen molar-refractivity contribution in [1.82, 2.24) is 0 Å². The summed E-state index contributed by atoms with van der Waals surface area (Å²) in [6.45, 7) is 3.76. The van der Waals surface area contributed by atoms with E-state index in [2.05, 4.69) is 0 Å². The van der Waals surface area contributed by atoms with Gasteiger partial charge in [-0.3, -0.25) is 9.00 Å². The van der Waals surface area contributed by atoms with E-state index in [0.29, 0.717) is 10.5 Å². The first-order valence-electron chi connectivity index (χ1n) is 6.22. The molecule has 2 rings (SSSR count). The summed E-state index contributed by atoms with van der Waals surface area (Å²) in [4.78, 5) is 12.7. The Morgan fingerprint density at radius 1 is 1.10 bits per heavy atom. The van der Waals surface area contributed by atoms with E-state index >= 15 is 0 Å². The van der Waals surface area contributed by atoms with Gasteiger partial charge in [0, 0.05) is 10.5 Å². The lowest BCUT2D eigenvalue weighted by molar-refractivity contribution is 0.102. The predicted octanol–water partition coefficient (Wildman–Crippen LogP) is 3.43. The third-order valence-electron chi connectivity index (χ3n) is 3.03. The molecule has 0 heterocycles. The highest BCUT2D eigenvalue weighted by Gasteiger charge is 2.14. The van der Waals surface area contributed by atoms with Crippen molar-refractivity contribution in [1.29, 1.82) is 0 Å². The molecular weight excluding hydrogens is 275 g/mol. The fraction of sp³-hybridized carbons (Fsp3) is 0.188. The van der Waals surface area contributed by atoms with Crippen LogP contribution in [0, 0.1) is 19.7 Å². The van der Waals surface area contributed by atoms with Crippen LogP contribution in [-0.2, 0) is 10.8 Å². The second-order valence-corrected chi connectivity index (χ2v) is 6.14. The summed E-state index contributed by atoms with van der Waals surface area (Å²) < 4.78 is 24.9. The molecular formula is C16H15FO2S. The van der Waals surface area contributed by atoms with Crippen LogP contribution in [0.25, 0.3) is 0 Å². The zero-order valence-electron chi connectivity index (χ0n) is 11.4. The standard InChI is InChI=1S/C16H15FO2S/c1-11-3-4-12(2)15(9-11)16(18)10-20(19)14-7-5-13(17)6-8-14/h3-9H,10H2,1-2H3. The van der Waals surface area contributed by atoms with Crippen molar-refractivity contribution in [2.45, 2.75) is 18.7 Å². The Hall–Kier alpha value is -1.81. The first kappa shape index (κ1) is 14.6. The van der Waals surface area contributed by atoms with Gasteiger partial charge in [-0.2, -0.15) is 0 Å². The Labute approximate surface area is 120 Å². The second-order valence-electron chi connectivity index (χ2n) is 4.69. The molecule has 0 N–H and O–H groups in total. The number of ketones is 1. The number of carbonyl (C=O) groups excluding carboxylic acids is 1. The fourth-order valence-electron chi connectivity index (χ4n) is 1.90. The monoisotopic (exact) mass is 290 g/mol. The van der Waals surface area contributed by atoms with Gasteiger partial charge in [0.25, 0.3) is 0 Å². The van der Waals surface area contributed by atoms with Crippen LogP contribution < -0.4 is 0 Å². The zero-order chi connectivity index (χ0) is 14.7. The quantitative estimate of drug-likeness (QED) is 0.808. The molecule has 0 radical (unpaired) electrons. The van der Waals surface area contributed by atoms with E-state index in [1.807, 2.05) is 26.0 Å². The molecule has 1 unspecified atom stereocenters. The molecule has 1 atom stereocenters. The van der Waals surface area contributed by atoms with Gasteiger partial charge >= 0.3 is 0 Å². The van der Waals surface area contributed by atoms with Gasteiger partial charge in [0.05, 0.1) is 16.6 Å². The molecule has 0 aliphatic rings. The largest absolute Gasteiger partial charge is 0.293 e. The number of benzene rings is 2. The summed E-state index contributed by atoms with van der Waals surface area (Å²) in [5.74, 6) is -0.629. The summed E-state index contributed by atoms with van der Waals surface area (Å²) in [6, 6.07) is 11.0. The summed E-state index contributed by atoms with van der Waals surface area (Å²) in [6.07, 6.45) is 0. The maximum absolute atomic E-state index is 12.8. The summed E-state index contributed by atoms with van der Waals surface area (Å²) >= 11 is 0. The molecule has 0 spiro atoms. The van der Waals surface area contributed by atoms with E-state index in [1.165, 1.54) is 24.3 Å². The average molecular weight is 290 g/mol. The van der Waals surface area contributed by atoms with Crippen LogP contribution in [0.15, 0.2) is 47.4 Å². The number of carbonyl (C=O) groups is 1. The Bertz CT molecular complexity index is 663. The minimum Gasteiger partial charge on any atom is -0.293 e. The highest BCUT2D eigenvalue weighted by molar-refractivity contribution is 7.85. The molecule has 0 saturated carbocycles. The number of hydrogen-bond donors (Lipinski definition) is 0. The van der Waals surface area contributed by atoms with Crippen molar-refractivity contribution in [2.24, 2.45) is 0 Å². The van der Waals surface area contributed by atoms with Crippen molar-refractivity contribution in [3.05, 3.63) is 65.0 Å². The maximum Gasteiger partial charge on any atom is 0.175 e. The van der Waals surface area contributed by atoms with Crippen molar-refractivity contribution >= 4 is 16.6 Å². The van der Waals surface area contributed by atoms with Gasteiger partial charge in [-0.1, -0.05) is 17.7 Å². The molecule has 20 heavy (non-hydrogen) atoms. The SMILES string of the molecule is Cc1ccc(C)c(C(=O)CS(=O)c2ccc(F)cc2)c1. The normalized spacial score (nSPS) is 12.2. The van der Waals surface area contributed by atoms with E-state index in [0.717, 1.165) is 11.1 Å². The maximum atomic E-state index is 12.8. The average Bonchev–Trinajstić information content (AvgIpc) is 2.42. The van der Waals surface area contributed by atoms with E-state index in [1.54, 1.807) is 6.07 Å². The van der Waals surface area contributed by atoms with Crippen LogP contribution >= 0.6 is 0 Å². The van der Waals surface area contributed by atoms with Gasteiger partial charge in [0.15, 0.2) is 5.78 Å². The molecule has 0 aliphatic carbocycles. The number of Topliss-reactive ketones (excluding diaryl/α,β-unsaturated/α-hetero) is 1. The fourth-order valence-corrected chi connectivity index (χ4v) is 2.90. The van der Waals surface area contributed by atoms with E-state index in [-0.39, 0.29) is 17.4 Å². The van der Waals surface area contributed by atoms with Crippen molar-refractivity contribution < 1.29 is 13.4 Å². The van der Waals surface area contributed by atoms with Gasteiger partial charge in [0.1, 0.15) is 5.82 Å². The minimum atomic E-state index is -1.45. The number of halogens is 1. The molecule has 0 aliphatic heterocycles. The van der Waals surface area contributed by atoms with Crippen LogP contribution in [0.4, 0.5) is 4.39 Å². The van der Waals surface area contributed by atoms with Crippen LogP contribution in [0.3, 0.4) is 0 Å². The van der Waals surface area contributed by atoms with E-state index in [4.69, 9.17) is 0 Å². The first-order valence-corrected chi connectivity index (χ1v) is 7.53. The molecule has 2 aromatic carbocycles. The Morgan fingerprint density at radius 3 is 2.40 bits per heavy atom. The zero-order valence-corrected chi connectivity index (χ0v) is 12.2. The lowest BCUT2D eigenvalue weighted by Crippen LogP contribution is -2.12. The molecule has 0 amide bonds. The highest BCUT2D eigenvalue weighted by atomic mass is 32.2. The molecule has 2 aromatic rings. The molecule has 0 aromatic heterocycles. The van der Waals surface area contributed by atoms with Crippen molar-refractivity contribution in [3.8, 4) is 0 Å². The molecule has 0 saturated heterocycles. The number of aryl methyl sites for hydroxylation is 2. The predicted molar refractivity (Wildman–Crippen MR) is 77.9 cm³/mol. The highest BCUT2D eigenvalue weighted by Crippen LogP contribution is 2.14. The summed E-state index contributed by atoms with van der Waals surface area (Å²) in [5.41, 5.74) is 2.46. The first-order chi connectivity index (χ1) is 9.47. The van der Waals surface area contributed by atoms with Crippen molar-refractivity contribution in [3.63, 3.8) is 0 Å². The topological polar surface area (TPSA) is 34.1 Å². The third-order valence-corrected chi connectivity index (χ3v) is 4.35. The van der Waals surface area contributed by atoms with Gasteiger partial charge in [0.2, 0.25) is 0 Å². The minimum absolute atomic E-state index is 0.0874. The molecule has 4 heteroatoms. The van der Waals surface area contributed by atoms with Gasteiger partial charge in [-0.05, 0) is 49.7 Å². The van der Waals surface area contributed by atoms with Crippen LogP contribution in [0.1, 0.15) is 21.5 Å². The molecule has 0 bridgehead atoms. The molecule has 2 nitrogen and oxygen atoms in total. The lowest BCUT2D eigenvalue weighted by atomic mass is 10.0. The number of rotatable bonds is 4. The Morgan fingerprint density at radius 2 is 1.75 bits per heavy atom. The molecule has 0 fully saturated rings. The second kappa shape index (κ2) is 6.09. The van der Waals surface area contributed by atoms with Gasteiger partial charge in [-0.15, -0.1) is 0 Å². The lowest BCUT2D eigenvalue weighted by Gasteiger charge is -2.06. The van der Waals surface area contributed by atoms with Crippen LogP contribution in [0.2, 0.25) is 0 Å². The van der Waals surface area contributed by atoms with Gasteiger partial charge in [-0.25, -0.2) is 4.39 Å². The Balaban J connectivity index is 2.17. The van der Waals surface area contributed by atoms with E-state index in [9.17, 15) is 13.4 Å². The Kier molecular flexibility index (Phi) is 4.45. The number of hydrogen-bond acceptors (Lipinski definition) is 2. The molecule has 104 valence electrons. The smallest absolute Gasteiger partial charge is 0.175 e. The van der Waals surface area contributed by atoms with Crippen LogP contribution in [0.5, 0.6) is 0 Å². The van der Waals surface area contributed by atoms with Crippen LogP contribution in [-0.4, -0.2) is 15.7 Å². The van der Waals surface area contributed by atoms with Crippen molar-refractivity contribution in [2.75, 3.05) is 5.75 Å². The summed E-state index contributed by atoms with van der Waals surface area (Å²) in [5, 5.41) is 0.